The van der Waals surface area contributed by atoms with E-state index in [0.29, 0.717) is 5.69 Å². The fraction of sp³-hybridized carbons (Fsp3) is 0.381. The summed E-state index contributed by atoms with van der Waals surface area (Å²) in [6, 6.07) is 11.3. The molecule has 0 aliphatic rings. The summed E-state index contributed by atoms with van der Waals surface area (Å²) in [7, 11) is -3.59. The highest BCUT2D eigenvalue weighted by Crippen LogP contribution is 2.24. The first-order valence-electron chi connectivity index (χ1n) is 8.90. The summed E-state index contributed by atoms with van der Waals surface area (Å²) in [6.07, 6.45) is 1.12. The standard InChI is InChI=1S/C21H28N2O3S/c1-14-7-9-19(16(3)11-14)18(5)22-21(24)13-23(27(6,25)26)20-10-8-15(2)12-17(20)4/h7-12,18H,13H2,1-6H3,(H,22,24)/t18-/m1/s1. The summed E-state index contributed by atoms with van der Waals surface area (Å²) in [5, 5.41) is 2.91. The van der Waals surface area contributed by atoms with Crippen molar-refractivity contribution in [2.24, 2.45) is 0 Å². The largest absolute Gasteiger partial charge is 0.348 e. The zero-order chi connectivity index (χ0) is 20.4. The van der Waals surface area contributed by atoms with Crippen molar-refractivity contribution in [3.8, 4) is 0 Å². The number of nitrogens with zero attached hydrogens (tertiary/aromatic N) is 1. The van der Waals surface area contributed by atoms with Crippen LogP contribution in [-0.2, 0) is 14.8 Å². The minimum atomic E-state index is -3.59. The Morgan fingerprint density at radius 2 is 1.56 bits per heavy atom. The van der Waals surface area contributed by atoms with Gasteiger partial charge in [-0.3, -0.25) is 9.10 Å². The van der Waals surface area contributed by atoms with E-state index in [9.17, 15) is 13.2 Å². The third-order valence-corrected chi connectivity index (χ3v) is 5.70. The zero-order valence-electron chi connectivity index (χ0n) is 16.8. The summed E-state index contributed by atoms with van der Waals surface area (Å²) in [5.74, 6) is -0.340. The van der Waals surface area contributed by atoms with Gasteiger partial charge in [-0.2, -0.15) is 0 Å². The van der Waals surface area contributed by atoms with E-state index in [0.717, 1.165) is 38.4 Å². The van der Waals surface area contributed by atoms with Crippen LogP contribution in [0.25, 0.3) is 0 Å². The molecule has 2 rings (SSSR count). The molecule has 0 unspecified atom stereocenters. The van der Waals surface area contributed by atoms with Crippen molar-refractivity contribution < 1.29 is 13.2 Å². The lowest BCUT2D eigenvalue weighted by atomic mass is 10.0. The summed E-state index contributed by atoms with van der Waals surface area (Å²) < 4.78 is 25.8. The van der Waals surface area contributed by atoms with Gasteiger partial charge in [0.15, 0.2) is 0 Å². The lowest BCUT2D eigenvalue weighted by Crippen LogP contribution is -2.41. The number of nitrogens with one attached hydrogen (secondary N) is 1. The van der Waals surface area contributed by atoms with Gasteiger partial charge in [-0.1, -0.05) is 41.5 Å². The Morgan fingerprint density at radius 1 is 1.00 bits per heavy atom. The van der Waals surface area contributed by atoms with Crippen molar-refractivity contribution in [3.63, 3.8) is 0 Å². The van der Waals surface area contributed by atoms with Crippen molar-refractivity contribution in [2.45, 2.75) is 40.7 Å². The molecular weight excluding hydrogens is 360 g/mol. The Balaban J connectivity index is 2.21. The van der Waals surface area contributed by atoms with Crippen molar-refractivity contribution in [3.05, 3.63) is 64.2 Å². The Morgan fingerprint density at radius 3 is 2.07 bits per heavy atom. The smallest absolute Gasteiger partial charge is 0.241 e. The average Bonchev–Trinajstić information content (AvgIpc) is 2.52. The molecule has 1 atom stereocenters. The number of benzene rings is 2. The zero-order valence-corrected chi connectivity index (χ0v) is 17.6. The highest BCUT2D eigenvalue weighted by Gasteiger charge is 2.23. The van der Waals surface area contributed by atoms with Crippen LogP contribution >= 0.6 is 0 Å². The molecule has 0 bridgehead atoms. The van der Waals surface area contributed by atoms with E-state index in [1.54, 1.807) is 6.07 Å². The molecule has 0 aromatic heterocycles. The van der Waals surface area contributed by atoms with Crippen LogP contribution in [0.2, 0.25) is 0 Å². The van der Waals surface area contributed by atoms with E-state index in [4.69, 9.17) is 0 Å². The molecule has 2 aromatic rings. The molecule has 5 nitrogen and oxygen atoms in total. The molecule has 1 amide bonds. The Hall–Kier alpha value is -2.34. The van der Waals surface area contributed by atoms with Crippen LogP contribution in [0.4, 0.5) is 5.69 Å². The molecule has 27 heavy (non-hydrogen) atoms. The van der Waals surface area contributed by atoms with Crippen LogP contribution in [0.5, 0.6) is 0 Å². The second-order valence-corrected chi connectivity index (χ2v) is 9.12. The predicted molar refractivity (Wildman–Crippen MR) is 111 cm³/mol. The molecule has 0 aliphatic heterocycles. The average molecular weight is 389 g/mol. The van der Waals surface area contributed by atoms with Crippen molar-refractivity contribution in [1.82, 2.24) is 5.32 Å². The van der Waals surface area contributed by atoms with Gasteiger partial charge in [-0.05, 0) is 57.4 Å². The number of hydrogen-bond acceptors (Lipinski definition) is 3. The van der Waals surface area contributed by atoms with Crippen LogP contribution in [0.3, 0.4) is 0 Å². The molecule has 0 radical (unpaired) electrons. The van der Waals surface area contributed by atoms with E-state index >= 15 is 0 Å². The summed E-state index contributed by atoms with van der Waals surface area (Å²) in [6.45, 7) is 9.46. The van der Waals surface area contributed by atoms with Crippen molar-refractivity contribution in [1.29, 1.82) is 0 Å². The van der Waals surface area contributed by atoms with Crippen LogP contribution in [0.1, 0.15) is 40.8 Å². The Labute approximate surface area is 162 Å². The van der Waals surface area contributed by atoms with Crippen LogP contribution in [0.15, 0.2) is 36.4 Å². The molecule has 0 spiro atoms. The number of sulfonamides is 1. The number of amides is 1. The quantitative estimate of drug-likeness (QED) is 0.823. The number of hydrogen-bond donors (Lipinski definition) is 1. The van der Waals surface area contributed by atoms with Gasteiger partial charge in [0.1, 0.15) is 6.54 Å². The van der Waals surface area contributed by atoms with E-state index in [-0.39, 0.29) is 18.5 Å². The Bertz CT molecular complexity index is 952. The van der Waals surface area contributed by atoms with E-state index in [1.807, 2.05) is 58.9 Å². The van der Waals surface area contributed by atoms with E-state index in [1.165, 1.54) is 0 Å². The number of carbonyl (C=O) groups is 1. The number of carbonyl (C=O) groups excluding carboxylic acids is 1. The second kappa shape index (κ2) is 8.13. The fourth-order valence-corrected chi connectivity index (χ4v) is 4.19. The predicted octanol–water partition coefficient (Wildman–Crippen LogP) is 3.56. The van der Waals surface area contributed by atoms with Crippen LogP contribution < -0.4 is 9.62 Å². The van der Waals surface area contributed by atoms with Gasteiger partial charge in [0.05, 0.1) is 18.0 Å². The van der Waals surface area contributed by atoms with E-state index < -0.39 is 10.0 Å². The molecular formula is C21H28N2O3S. The number of rotatable bonds is 6. The second-order valence-electron chi connectivity index (χ2n) is 7.21. The summed E-state index contributed by atoms with van der Waals surface area (Å²) >= 11 is 0. The fourth-order valence-electron chi connectivity index (χ4n) is 3.27. The van der Waals surface area contributed by atoms with Gasteiger partial charge < -0.3 is 5.32 Å². The lowest BCUT2D eigenvalue weighted by Gasteiger charge is -2.25. The van der Waals surface area contributed by atoms with Gasteiger partial charge in [0.2, 0.25) is 15.9 Å². The Kier molecular flexibility index (Phi) is 6.31. The van der Waals surface area contributed by atoms with Crippen molar-refractivity contribution >= 4 is 21.6 Å². The molecule has 2 aromatic carbocycles. The maximum absolute atomic E-state index is 12.6. The molecule has 6 heteroatoms. The van der Waals surface area contributed by atoms with Crippen LogP contribution in [0, 0.1) is 27.7 Å². The molecule has 146 valence electrons. The third kappa shape index (κ3) is 5.32. The SMILES string of the molecule is Cc1ccc([C@@H](C)NC(=O)CN(c2ccc(C)cc2C)S(C)(=O)=O)c(C)c1. The molecule has 0 fully saturated rings. The maximum Gasteiger partial charge on any atom is 0.241 e. The highest BCUT2D eigenvalue weighted by molar-refractivity contribution is 7.92. The normalized spacial score (nSPS) is 12.5. The maximum atomic E-state index is 12.6. The monoisotopic (exact) mass is 388 g/mol. The van der Waals surface area contributed by atoms with E-state index in [2.05, 4.69) is 11.4 Å². The summed E-state index contributed by atoms with van der Waals surface area (Å²) in [5.41, 5.74) is 5.65. The first kappa shape index (κ1) is 21.0. The molecule has 0 heterocycles. The summed E-state index contributed by atoms with van der Waals surface area (Å²) in [4.78, 5) is 12.6. The topological polar surface area (TPSA) is 66.5 Å². The first-order chi connectivity index (χ1) is 12.5. The molecule has 0 aliphatic carbocycles. The minimum Gasteiger partial charge on any atom is -0.348 e. The van der Waals surface area contributed by atoms with Gasteiger partial charge >= 0.3 is 0 Å². The third-order valence-electron chi connectivity index (χ3n) is 4.58. The molecule has 1 N–H and O–H groups in total. The van der Waals surface area contributed by atoms with Crippen LogP contribution in [-0.4, -0.2) is 27.1 Å². The number of anilines is 1. The number of aryl methyl sites for hydroxylation is 4. The van der Waals surface area contributed by atoms with Crippen molar-refractivity contribution in [2.75, 3.05) is 17.1 Å². The van der Waals surface area contributed by atoms with Gasteiger partial charge in [-0.25, -0.2) is 8.42 Å². The first-order valence-corrected chi connectivity index (χ1v) is 10.8. The molecule has 0 saturated carbocycles. The molecule has 0 saturated heterocycles. The van der Waals surface area contributed by atoms with Gasteiger partial charge in [0, 0.05) is 0 Å². The highest BCUT2D eigenvalue weighted by atomic mass is 32.2. The van der Waals surface area contributed by atoms with Gasteiger partial charge in [0.25, 0.3) is 0 Å². The van der Waals surface area contributed by atoms with Gasteiger partial charge in [-0.15, -0.1) is 0 Å². The lowest BCUT2D eigenvalue weighted by molar-refractivity contribution is -0.120. The minimum absolute atomic E-state index is 0.210.